The van der Waals surface area contributed by atoms with Crippen LogP contribution in [0.1, 0.15) is 12.8 Å². The van der Waals surface area contributed by atoms with Gasteiger partial charge in [0.15, 0.2) is 0 Å². The average molecular weight is 355 g/mol. The first kappa shape index (κ1) is 16.8. The summed E-state index contributed by atoms with van der Waals surface area (Å²) in [5.41, 5.74) is 2.08. The van der Waals surface area contributed by atoms with Gasteiger partial charge in [0.2, 0.25) is 5.95 Å². The molecular weight excluding hydrogens is 333 g/mol. The summed E-state index contributed by atoms with van der Waals surface area (Å²) in [4.78, 5) is 9.50. The monoisotopic (exact) mass is 355 g/mol. The number of nitrogens with one attached hydrogen (secondary N) is 1. The summed E-state index contributed by atoms with van der Waals surface area (Å²) in [6.07, 6.45) is 1.82. The molecule has 6 heteroatoms. The Hall–Kier alpha value is -2.60. The topological polar surface area (TPSA) is 61.4 Å². The molecule has 5 nitrogen and oxygen atoms in total. The predicted octanol–water partition coefficient (Wildman–Crippen LogP) is 3.59. The maximum Gasteiger partial charge on any atom is 0.224 e. The van der Waals surface area contributed by atoms with Crippen molar-refractivity contribution in [3.63, 3.8) is 0 Å². The molecule has 0 spiro atoms. The summed E-state index contributed by atoms with van der Waals surface area (Å²) in [6, 6.07) is 11.3. The molecule has 3 heterocycles. The van der Waals surface area contributed by atoms with E-state index in [1.807, 2.05) is 30.3 Å². The van der Waals surface area contributed by atoms with Crippen LogP contribution in [0, 0.1) is 11.9 Å². The Balaban J connectivity index is 1.60. The molecule has 0 saturated carbocycles. The molecule has 0 unspecified atom stereocenters. The summed E-state index contributed by atoms with van der Waals surface area (Å²) in [5.74, 6) is 1.28. The molecule has 0 bridgehead atoms. The number of aromatic amines is 1. The Kier molecular flexibility index (Phi) is 4.51. The van der Waals surface area contributed by atoms with Crippen LogP contribution in [0.4, 0.5) is 10.2 Å². The number of aliphatic hydroxyl groups excluding tert-OH is 1. The van der Waals surface area contributed by atoms with Crippen molar-refractivity contribution in [2.75, 3.05) is 31.7 Å². The molecule has 136 valence electrons. The van der Waals surface area contributed by atoms with Crippen molar-refractivity contribution < 1.29 is 14.2 Å². The molecule has 1 aromatic carbocycles. The third kappa shape index (κ3) is 3.12. The minimum Gasteiger partial charge on any atom is -0.497 e. The number of ether oxygens (including phenoxy) is 1. The maximum absolute atomic E-state index is 14.7. The fourth-order valence-electron chi connectivity index (χ4n) is 3.53. The quantitative estimate of drug-likeness (QED) is 0.702. The minimum atomic E-state index is -0.481. The second-order valence-corrected chi connectivity index (χ2v) is 6.76. The number of fused-ring (bicyclic) bond motifs is 1. The zero-order valence-corrected chi connectivity index (χ0v) is 14.7. The highest BCUT2D eigenvalue weighted by molar-refractivity contribution is 5.87. The van der Waals surface area contributed by atoms with Crippen molar-refractivity contribution in [1.29, 1.82) is 0 Å². The lowest BCUT2D eigenvalue weighted by Crippen LogP contribution is -2.35. The molecule has 1 aliphatic rings. The van der Waals surface area contributed by atoms with Crippen LogP contribution in [0.3, 0.4) is 0 Å². The first-order chi connectivity index (χ1) is 12.7. The smallest absolute Gasteiger partial charge is 0.224 e. The number of aliphatic hydroxyl groups is 1. The Labute approximate surface area is 151 Å². The number of nitrogens with zero attached hydrogens (tertiary/aromatic N) is 2. The standard InChI is InChI=1S/C20H22FN3O2/c1-26-15-2-4-17-14(10-15)11-18(22-17)16-3-5-19(23-20(16)21)24-8-6-13(12-25)7-9-24/h2-5,10-11,13,22,25H,6-9,12H2,1H3. The number of methoxy groups -OCH3 is 1. The van der Waals surface area contributed by atoms with E-state index >= 15 is 0 Å². The fraction of sp³-hybridized carbons (Fsp3) is 0.350. The van der Waals surface area contributed by atoms with Gasteiger partial charge in [-0.05, 0) is 55.2 Å². The van der Waals surface area contributed by atoms with E-state index in [4.69, 9.17) is 4.74 Å². The van der Waals surface area contributed by atoms with Gasteiger partial charge in [-0.3, -0.25) is 0 Å². The molecule has 3 aromatic rings. The minimum absolute atomic E-state index is 0.222. The van der Waals surface area contributed by atoms with E-state index in [0.717, 1.165) is 42.6 Å². The fourth-order valence-corrected chi connectivity index (χ4v) is 3.53. The van der Waals surface area contributed by atoms with E-state index in [2.05, 4.69) is 14.9 Å². The lowest BCUT2D eigenvalue weighted by Gasteiger charge is -2.32. The summed E-state index contributed by atoms with van der Waals surface area (Å²) < 4.78 is 19.9. The molecule has 1 fully saturated rings. The molecule has 0 atom stereocenters. The van der Waals surface area contributed by atoms with Crippen LogP contribution in [0.5, 0.6) is 5.75 Å². The van der Waals surface area contributed by atoms with Crippen LogP contribution in [-0.4, -0.2) is 41.9 Å². The van der Waals surface area contributed by atoms with Crippen molar-refractivity contribution >= 4 is 16.7 Å². The second-order valence-electron chi connectivity index (χ2n) is 6.76. The molecule has 0 aliphatic carbocycles. The predicted molar refractivity (Wildman–Crippen MR) is 100 cm³/mol. The lowest BCUT2D eigenvalue weighted by molar-refractivity contribution is 0.202. The molecular formula is C20H22FN3O2. The van der Waals surface area contributed by atoms with E-state index in [9.17, 15) is 9.50 Å². The first-order valence-electron chi connectivity index (χ1n) is 8.87. The number of piperidine rings is 1. The highest BCUT2D eigenvalue weighted by Gasteiger charge is 2.20. The molecule has 1 saturated heterocycles. The van der Waals surface area contributed by atoms with Gasteiger partial charge in [-0.2, -0.15) is 4.39 Å². The van der Waals surface area contributed by atoms with Crippen LogP contribution >= 0.6 is 0 Å². The molecule has 26 heavy (non-hydrogen) atoms. The van der Waals surface area contributed by atoms with E-state index < -0.39 is 5.95 Å². The van der Waals surface area contributed by atoms with E-state index in [1.165, 1.54) is 0 Å². The first-order valence-corrected chi connectivity index (χ1v) is 8.87. The van der Waals surface area contributed by atoms with Gasteiger partial charge in [-0.25, -0.2) is 4.98 Å². The molecule has 2 N–H and O–H groups in total. The lowest BCUT2D eigenvalue weighted by atomic mass is 9.98. The maximum atomic E-state index is 14.7. The van der Waals surface area contributed by atoms with Gasteiger partial charge in [0.25, 0.3) is 0 Å². The molecule has 4 rings (SSSR count). The number of halogens is 1. The number of anilines is 1. The highest BCUT2D eigenvalue weighted by atomic mass is 19.1. The van der Waals surface area contributed by atoms with Crippen molar-refractivity contribution in [2.45, 2.75) is 12.8 Å². The van der Waals surface area contributed by atoms with Crippen LogP contribution < -0.4 is 9.64 Å². The van der Waals surface area contributed by atoms with E-state index in [-0.39, 0.29) is 6.61 Å². The largest absolute Gasteiger partial charge is 0.497 e. The van der Waals surface area contributed by atoms with Crippen molar-refractivity contribution in [2.24, 2.45) is 5.92 Å². The SMILES string of the molecule is COc1ccc2[nH]c(-c3ccc(N4CCC(CO)CC4)nc3F)cc2c1. The van der Waals surface area contributed by atoms with Crippen LogP contribution in [0.25, 0.3) is 22.2 Å². The number of benzene rings is 1. The third-order valence-electron chi connectivity index (χ3n) is 5.15. The number of rotatable bonds is 4. The normalized spacial score (nSPS) is 15.6. The van der Waals surface area contributed by atoms with Crippen LogP contribution in [-0.2, 0) is 0 Å². The number of aromatic nitrogens is 2. The molecule has 0 radical (unpaired) electrons. The summed E-state index contributed by atoms with van der Waals surface area (Å²) in [7, 11) is 1.63. The Bertz CT molecular complexity index is 917. The highest BCUT2D eigenvalue weighted by Crippen LogP contribution is 2.30. The number of hydrogen-bond donors (Lipinski definition) is 2. The summed E-state index contributed by atoms with van der Waals surface area (Å²) in [5, 5.41) is 10.2. The zero-order chi connectivity index (χ0) is 18.1. The Morgan fingerprint density at radius 3 is 2.73 bits per heavy atom. The van der Waals surface area contributed by atoms with Crippen molar-refractivity contribution in [3.8, 4) is 17.0 Å². The van der Waals surface area contributed by atoms with Gasteiger partial charge >= 0.3 is 0 Å². The van der Waals surface area contributed by atoms with E-state index in [0.29, 0.717) is 23.0 Å². The van der Waals surface area contributed by atoms with Gasteiger partial charge in [0.1, 0.15) is 11.6 Å². The average Bonchev–Trinajstić information content (AvgIpc) is 3.10. The summed E-state index contributed by atoms with van der Waals surface area (Å²) in [6.45, 7) is 1.81. The van der Waals surface area contributed by atoms with Gasteiger partial charge in [-0.1, -0.05) is 0 Å². The van der Waals surface area contributed by atoms with Crippen LogP contribution in [0.2, 0.25) is 0 Å². The van der Waals surface area contributed by atoms with Gasteiger partial charge in [-0.15, -0.1) is 0 Å². The van der Waals surface area contributed by atoms with E-state index in [1.54, 1.807) is 13.2 Å². The van der Waals surface area contributed by atoms with Crippen LogP contribution in [0.15, 0.2) is 36.4 Å². The third-order valence-corrected chi connectivity index (χ3v) is 5.15. The van der Waals surface area contributed by atoms with Gasteiger partial charge in [0, 0.05) is 30.6 Å². The number of pyridine rings is 1. The molecule has 1 aliphatic heterocycles. The molecule has 2 aromatic heterocycles. The summed E-state index contributed by atoms with van der Waals surface area (Å²) >= 11 is 0. The van der Waals surface area contributed by atoms with Gasteiger partial charge in [0.05, 0.1) is 18.4 Å². The second kappa shape index (κ2) is 6.96. The number of hydrogen-bond acceptors (Lipinski definition) is 4. The Morgan fingerprint density at radius 2 is 2.04 bits per heavy atom. The Morgan fingerprint density at radius 1 is 1.23 bits per heavy atom. The molecule has 0 amide bonds. The zero-order valence-electron chi connectivity index (χ0n) is 14.7. The van der Waals surface area contributed by atoms with Crippen molar-refractivity contribution in [3.05, 3.63) is 42.3 Å². The van der Waals surface area contributed by atoms with Crippen molar-refractivity contribution in [1.82, 2.24) is 9.97 Å². The number of H-pyrrole nitrogens is 1. The van der Waals surface area contributed by atoms with Gasteiger partial charge < -0.3 is 19.7 Å².